The van der Waals surface area contributed by atoms with Gasteiger partial charge >= 0.3 is 5.97 Å². The maximum absolute atomic E-state index is 13.3. The number of esters is 1. The molecule has 0 bridgehead atoms. The van der Waals surface area contributed by atoms with Gasteiger partial charge in [0.05, 0.1) is 12.7 Å². The van der Waals surface area contributed by atoms with E-state index in [0.717, 1.165) is 0 Å². The lowest BCUT2D eigenvalue weighted by Crippen LogP contribution is -2.16. The number of rotatable bonds is 5. The summed E-state index contributed by atoms with van der Waals surface area (Å²) in [6.07, 6.45) is 0. The molecule has 1 amide bonds. The number of carbonyl (C=O) groups excluding carboxylic acids is 2. The van der Waals surface area contributed by atoms with E-state index >= 15 is 0 Å². The van der Waals surface area contributed by atoms with E-state index in [1.165, 1.54) is 31.4 Å². The zero-order valence-corrected chi connectivity index (χ0v) is 15.2. The van der Waals surface area contributed by atoms with Gasteiger partial charge in [0.25, 0.3) is 5.91 Å². The van der Waals surface area contributed by atoms with E-state index in [0.29, 0.717) is 22.6 Å². The van der Waals surface area contributed by atoms with Crippen molar-refractivity contribution in [3.8, 4) is 0 Å². The Balaban J connectivity index is 1.80. The number of nitrogens with zero attached hydrogens (tertiary/aromatic N) is 2. The highest BCUT2D eigenvalue weighted by Gasteiger charge is 2.13. The van der Waals surface area contributed by atoms with Crippen molar-refractivity contribution < 1.29 is 18.7 Å². The highest BCUT2D eigenvalue weighted by Crippen LogP contribution is 2.17. The predicted octanol–water partition coefficient (Wildman–Crippen LogP) is 3.71. The Morgan fingerprint density at radius 3 is 2.50 bits per heavy atom. The number of aromatic nitrogens is 2. The van der Waals surface area contributed by atoms with Crippen LogP contribution in [-0.2, 0) is 4.74 Å². The molecule has 0 unspecified atom stereocenters. The van der Waals surface area contributed by atoms with Crippen LogP contribution in [0.25, 0.3) is 0 Å². The third-order valence-electron chi connectivity index (χ3n) is 3.71. The molecule has 1 aromatic heterocycles. The lowest BCUT2D eigenvalue weighted by molar-refractivity contribution is 0.0600. The maximum atomic E-state index is 13.3. The van der Waals surface area contributed by atoms with E-state index in [9.17, 15) is 14.0 Å². The topological polar surface area (TPSA) is 93.2 Å². The van der Waals surface area contributed by atoms with Gasteiger partial charge in [0, 0.05) is 17.1 Å². The second-order valence-corrected chi connectivity index (χ2v) is 5.88. The SMILES string of the molecule is COC(=O)c1cccc(NC(=O)c2cc(C)nc(Nc3cccc(F)c3)n2)c1. The second-order valence-electron chi connectivity index (χ2n) is 5.88. The van der Waals surface area contributed by atoms with Crippen molar-refractivity contribution >= 4 is 29.2 Å². The summed E-state index contributed by atoms with van der Waals surface area (Å²) in [5.41, 5.74) is 1.87. The van der Waals surface area contributed by atoms with Crippen LogP contribution in [0.5, 0.6) is 0 Å². The number of aryl methyl sites for hydroxylation is 1. The Bertz CT molecular complexity index is 1040. The van der Waals surface area contributed by atoms with Crippen LogP contribution in [0.15, 0.2) is 54.6 Å². The summed E-state index contributed by atoms with van der Waals surface area (Å²) >= 11 is 0. The van der Waals surface area contributed by atoms with Gasteiger partial charge in [-0.15, -0.1) is 0 Å². The van der Waals surface area contributed by atoms with Gasteiger partial charge in [0.2, 0.25) is 5.95 Å². The van der Waals surface area contributed by atoms with Crippen molar-refractivity contribution in [3.05, 3.63) is 77.4 Å². The fourth-order valence-corrected chi connectivity index (χ4v) is 2.47. The van der Waals surface area contributed by atoms with Gasteiger partial charge in [0.15, 0.2) is 0 Å². The van der Waals surface area contributed by atoms with Crippen molar-refractivity contribution in [2.45, 2.75) is 6.92 Å². The Kier molecular flexibility index (Phi) is 5.59. The predicted molar refractivity (Wildman–Crippen MR) is 102 cm³/mol. The molecule has 1 heterocycles. The molecule has 2 aromatic carbocycles. The molecule has 0 aliphatic heterocycles. The molecule has 142 valence electrons. The Morgan fingerprint density at radius 1 is 1.00 bits per heavy atom. The minimum absolute atomic E-state index is 0.120. The van der Waals surface area contributed by atoms with Crippen LogP contribution in [0.3, 0.4) is 0 Å². The standard InChI is InChI=1S/C20H17FN4O3/c1-12-9-17(25-20(22-12)24-16-8-4-6-14(21)11-16)18(26)23-15-7-3-5-13(10-15)19(27)28-2/h3-11H,1-2H3,(H,23,26)(H,22,24,25). The smallest absolute Gasteiger partial charge is 0.337 e. The first-order chi connectivity index (χ1) is 13.4. The molecule has 0 aliphatic rings. The van der Waals surface area contributed by atoms with E-state index in [-0.39, 0.29) is 11.6 Å². The Labute approximate surface area is 160 Å². The number of ether oxygens (including phenoxy) is 1. The third kappa shape index (κ3) is 4.67. The lowest BCUT2D eigenvalue weighted by Gasteiger charge is -2.09. The number of halogens is 1. The molecule has 0 radical (unpaired) electrons. The summed E-state index contributed by atoms with van der Waals surface area (Å²) in [4.78, 5) is 32.6. The van der Waals surface area contributed by atoms with Crippen LogP contribution in [0.1, 0.15) is 26.5 Å². The molecule has 28 heavy (non-hydrogen) atoms. The van der Waals surface area contributed by atoms with Crippen molar-refractivity contribution in [1.29, 1.82) is 0 Å². The molecule has 3 rings (SSSR count). The molecule has 0 atom stereocenters. The molecule has 0 spiro atoms. The Hall–Kier alpha value is -3.81. The zero-order chi connectivity index (χ0) is 20.1. The number of anilines is 3. The maximum Gasteiger partial charge on any atom is 0.337 e. The largest absolute Gasteiger partial charge is 0.465 e. The van der Waals surface area contributed by atoms with E-state index in [4.69, 9.17) is 0 Å². The molecule has 0 fully saturated rings. The third-order valence-corrected chi connectivity index (χ3v) is 3.71. The van der Waals surface area contributed by atoms with Gasteiger partial charge in [-0.25, -0.2) is 19.2 Å². The van der Waals surface area contributed by atoms with Crippen LogP contribution >= 0.6 is 0 Å². The number of carbonyl (C=O) groups is 2. The number of methoxy groups -OCH3 is 1. The van der Waals surface area contributed by atoms with Crippen molar-refractivity contribution in [2.75, 3.05) is 17.7 Å². The summed E-state index contributed by atoms with van der Waals surface area (Å²) in [6.45, 7) is 1.72. The van der Waals surface area contributed by atoms with Gasteiger partial charge in [-0.3, -0.25) is 4.79 Å². The summed E-state index contributed by atoms with van der Waals surface area (Å²) in [7, 11) is 1.28. The molecule has 8 heteroatoms. The number of amides is 1. The summed E-state index contributed by atoms with van der Waals surface area (Å²) in [5, 5.41) is 5.55. The minimum atomic E-state index is -0.504. The fraction of sp³-hybridized carbons (Fsp3) is 0.100. The highest BCUT2D eigenvalue weighted by atomic mass is 19.1. The van der Waals surface area contributed by atoms with Gasteiger partial charge < -0.3 is 15.4 Å². The zero-order valence-electron chi connectivity index (χ0n) is 15.2. The first-order valence-corrected chi connectivity index (χ1v) is 8.32. The average molecular weight is 380 g/mol. The number of hydrogen-bond donors (Lipinski definition) is 2. The number of nitrogens with one attached hydrogen (secondary N) is 2. The van der Waals surface area contributed by atoms with Crippen molar-refractivity contribution in [2.24, 2.45) is 0 Å². The summed E-state index contributed by atoms with van der Waals surface area (Å²) < 4.78 is 18.0. The molecule has 3 aromatic rings. The number of benzene rings is 2. The summed E-state index contributed by atoms with van der Waals surface area (Å²) in [5.74, 6) is -1.22. The van der Waals surface area contributed by atoms with Gasteiger partial charge in [0.1, 0.15) is 11.5 Å². The monoisotopic (exact) mass is 380 g/mol. The summed E-state index contributed by atoms with van der Waals surface area (Å²) in [6, 6.07) is 13.7. The molecule has 0 aliphatic carbocycles. The first-order valence-electron chi connectivity index (χ1n) is 8.32. The van der Waals surface area contributed by atoms with Crippen LogP contribution in [-0.4, -0.2) is 29.0 Å². The van der Waals surface area contributed by atoms with Crippen LogP contribution in [0, 0.1) is 12.7 Å². The van der Waals surface area contributed by atoms with E-state index < -0.39 is 17.7 Å². The van der Waals surface area contributed by atoms with Gasteiger partial charge in [-0.2, -0.15) is 0 Å². The van der Waals surface area contributed by atoms with E-state index in [1.54, 1.807) is 37.3 Å². The second kappa shape index (κ2) is 8.26. The highest BCUT2D eigenvalue weighted by molar-refractivity contribution is 6.03. The lowest BCUT2D eigenvalue weighted by atomic mass is 10.2. The fourth-order valence-electron chi connectivity index (χ4n) is 2.47. The molecular formula is C20H17FN4O3. The van der Waals surface area contributed by atoms with Gasteiger partial charge in [-0.05, 0) is 49.4 Å². The quantitative estimate of drug-likeness (QED) is 0.656. The van der Waals surface area contributed by atoms with Crippen LogP contribution in [0.2, 0.25) is 0 Å². The molecule has 2 N–H and O–H groups in total. The molecular weight excluding hydrogens is 363 g/mol. The normalized spacial score (nSPS) is 10.2. The molecule has 0 saturated carbocycles. The molecule has 0 saturated heterocycles. The van der Waals surface area contributed by atoms with Crippen LogP contribution < -0.4 is 10.6 Å². The number of hydrogen-bond acceptors (Lipinski definition) is 6. The van der Waals surface area contributed by atoms with E-state index in [2.05, 4.69) is 25.3 Å². The van der Waals surface area contributed by atoms with Crippen LogP contribution in [0.4, 0.5) is 21.7 Å². The van der Waals surface area contributed by atoms with Crippen molar-refractivity contribution in [1.82, 2.24) is 9.97 Å². The average Bonchev–Trinajstić information content (AvgIpc) is 2.67. The molecule has 7 nitrogen and oxygen atoms in total. The van der Waals surface area contributed by atoms with Gasteiger partial charge in [-0.1, -0.05) is 12.1 Å². The minimum Gasteiger partial charge on any atom is -0.465 e. The Morgan fingerprint density at radius 2 is 1.75 bits per heavy atom. The first kappa shape index (κ1) is 19.0. The van der Waals surface area contributed by atoms with E-state index in [1.807, 2.05) is 0 Å². The van der Waals surface area contributed by atoms with Crippen molar-refractivity contribution in [3.63, 3.8) is 0 Å².